The number of anilines is 2. The molecule has 322 valence electrons. The van der Waals surface area contributed by atoms with E-state index in [4.69, 9.17) is 9.47 Å². The molecule has 4 aromatic carbocycles. The number of hydrogen-bond acceptors (Lipinski definition) is 8. The Labute approximate surface area is 358 Å². The van der Waals surface area contributed by atoms with Crippen molar-refractivity contribution in [2.45, 2.75) is 45.4 Å². The number of aromatic amines is 2. The second-order valence-electron chi connectivity index (χ2n) is 16.1. The number of fused-ring (bicyclic) bond motifs is 2. The fourth-order valence-corrected chi connectivity index (χ4v) is 8.85. The molecule has 12 heteroatoms. The molecule has 0 radical (unpaired) electrons. The predicted molar refractivity (Wildman–Crippen MR) is 244 cm³/mol. The van der Waals surface area contributed by atoms with Crippen molar-refractivity contribution in [1.29, 1.82) is 0 Å². The number of aromatic nitrogens is 2. The number of hydrogen-bond donors (Lipinski definition) is 4. The molecule has 12 nitrogen and oxygen atoms in total. The van der Waals surface area contributed by atoms with Gasteiger partial charge in [-0.05, 0) is 130 Å². The van der Waals surface area contributed by atoms with Gasteiger partial charge >= 0.3 is 11.9 Å². The van der Waals surface area contributed by atoms with E-state index >= 15 is 0 Å². The van der Waals surface area contributed by atoms with Crippen LogP contribution >= 0.6 is 0 Å². The van der Waals surface area contributed by atoms with Crippen LogP contribution in [0.1, 0.15) is 63.2 Å². The normalized spacial score (nSPS) is 14.9. The Balaban J connectivity index is 0.000000184. The van der Waals surface area contributed by atoms with Crippen molar-refractivity contribution in [2.24, 2.45) is 0 Å². The van der Waals surface area contributed by atoms with E-state index in [0.29, 0.717) is 11.1 Å². The summed E-state index contributed by atoms with van der Waals surface area (Å²) in [4.78, 5) is 39.1. The minimum atomic E-state index is -0.878. The van der Waals surface area contributed by atoms with E-state index in [1.807, 2.05) is 42.6 Å². The first-order valence-corrected chi connectivity index (χ1v) is 21.6. The zero-order valence-corrected chi connectivity index (χ0v) is 35.8. The molecule has 4 heterocycles. The lowest BCUT2D eigenvalue weighted by Crippen LogP contribution is -2.46. The molecule has 2 aromatic heterocycles. The molecule has 0 saturated carbocycles. The molecular formula is C49H60N6O6. The zero-order chi connectivity index (χ0) is 42.7. The number of unbranched alkanes of at least 4 members (excludes halogenated alkanes) is 2. The highest BCUT2D eigenvalue weighted by Gasteiger charge is 2.21. The quantitative estimate of drug-likeness (QED) is 0.0705. The minimum absolute atomic E-state index is 0.344. The molecule has 0 aliphatic carbocycles. The number of carboxylic acids is 2. The number of aromatic carboxylic acids is 2. The third kappa shape index (κ3) is 10.7. The summed E-state index contributed by atoms with van der Waals surface area (Å²) in [5, 5.41) is 20.6. The number of nitrogens with one attached hydrogen (secondary N) is 2. The van der Waals surface area contributed by atoms with E-state index in [2.05, 4.69) is 60.8 Å². The topological polar surface area (TPSA) is 138 Å². The summed E-state index contributed by atoms with van der Waals surface area (Å²) in [5.41, 5.74) is 8.67. The molecule has 6 aromatic rings. The van der Waals surface area contributed by atoms with Crippen LogP contribution in [0.3, 0.4) is 0 Å². The van der Waals surface area contributed by atoms with Gasteiger partial charge in [-0.3, -0.25) is 9.80 Å². The lowest BCUT2D eigenvalue weighted by Gasteiger charge is -2.36. The van der Waals surface area contributed by atoms with Gasteiger partial charge in [-0.1, -0.05) is 24.3 Å². The molecule has 2 aliphatic heterocycles. The smallest absolute Gasteiger partial charge is 0.335 e. The predicted octanol–water partition coefficient (Wildman–Crippen LogP) is 8.35. The van der Waals surface area contributed by atoms with Crippen molar-refractivity contribution in [3.8, 4) is 11.5 Å². The summed E-state index contributed by atoms with van der Waals surface area (Å²) in [6.07, 6.45) is 8.41. The summed E-state index contributed by atoms with van der Waals surface area (Å²) >= 11 is 0. The van der Waals surface area contributed by atoms with Crippen LogP contribution in [-0.2, 0) is 12.8 Å². The van der Waals surface area contributed by atoms with Crippen LogP contribution in [0.2, 0.25) is 0 Å². The van der Waals surface area contributed by atoms with Crippen molar-refractivity contribution < 1.29 is 29.3 Å². The average molecular weight is 829 g/mol. The molecule has 0 unspecified atom stereocenters. The number of rotatable bonds is 16. The Morgan fingerprint density at radius 2 is 1.10 bits per heavy atom. The lowest BCUT2D eigenvalue weighted by atomic mass is 10.0. The number of piperazine rings is 2. The van der Waals surface area contributed by atoms with Gasteiger partial charge in [0.15, 0.2) is 0 Å². The second-order valence-corrected chi connectivity index (χ2v) is 16.1. The summed E-state index contributed by atoms with van der Waals surface area (Å²) in [5.74, 6) is 0.127. The summed E-state index contributed by atoms with van der Waals surface area (Å²) < 4.78 is 11.0. The largest absolute Gasteiger partial charge is 0.495 e. The second kappa shape index (κ2) is 20.5. The van der Waals surface area contributed by atoms with Gasteiger partial charge in [-0.25, -0.2) is 9.59 Å². The van der Waals surface area contributed by atoms with Gasteiger partial charge in [0.2, 0.25) is 0 Å². The van der Waals surface area contributed by atoms with Crippen molar-refractivity contribution in [1.82, 2.24) is 19.8 Å². The third-order valence-corrected chi connectivity index (χ3v) is 12.3. The fraction of sp³-hybridized carbons (Fsp3) is 0.388. The van der Waals surface area contributed by atoms with E-state index in [1.54, 1.807) is 38.5 Å². The van der Waals surface area contributed by atoms with Crippen molar-refractivity contribution >= 4 is 45.1 Å². The maximum absolute atomic E-state index is 11.3. The van der Waals surface area contributed by atoms with Crippen LogP contribution < -0.4 is 19.3 Å². The monoisotopic (exact) mass is 828 g/mol. The van der Waals surface area contributed by atoms with Crippen LogP contribution in [0.5, 0.6) is 11.5 Å². The van der Waals surface area contributed by atoms with E-state index in [0.717, 1.165) is 143 Å². The Bertz CT molecular complexity index is 2390. The molecular weight excluding hydrogens is 769 g/mol. The Kier molecular flexibility index (Phi) is 14.5. The maximum atomic E-state index is 11.3. The first-order valence-electron chi connectivity index (χ1n) is 21.6. The average Bonchev–Trinajstić information content (AvgIpc) is 3.85. The Morgan fingerprint density at radius 3 is 1.62 bits per heavy atom. The third-order valence-electron chi connectivity index (χ3n) is 12.3. The molecule has 0 spiro atoms. The van der Waals surface area contributed by atoms with Gasteiger partial charge in [0.05, 0.1) is 36.7 Å². The highest BCUT2D eigenvalue weighted by Crippen LogP contribution is 2.30. The van der Waals surface area contributed by atoms with Gasteiger partial charge < -0.3 is 39.5 Å². The standard InChI is InChI=1S/C25H31N3O3.C24H29N3O3/c1-18-20(21-17-19(25(29)30)10-11-22(21)26-18)7-5-6-12-27-13-15-28(16-14-27)23-8-3-4-9-24(23)31-2;1-30-23-8-3-2-7-22(23)27-14-12-26(13-15-27)11-5-4-6-19-17-25-21-10-9-18(24(28)29)16-20(19)21/h3-4,8-11,17,26H,5-7,12-16H2,1-2H3,(H,29,30);2-3,7-10,16-17,25H,4-6,11-15H2,1H3,(H,28,29). The molecule has 0 amide bonds. The number of carboxylic acid groups (broad SMARTS) is 2. The number of methoxy groups -OCH3 is 2. The number of nitrogens with zero attached hydrogens (tertiary/aromatic N) is 4. The summed E-state index contributed by atoms with van der Waals surface area (Å²) in [6.45, 7) is 12.6. The summed E-state index contributed by atoms with van der Waals surface area (Å²) in [7, 11) is 3.46. The van der Waals surface area contributed by atoms with Crippen LogP contribution in [0.25, 0.3) is 21.8 Å². The van der Waals surface area contributed by atoms with E-state index in [1.165, 1.54) is 22.5 Å². The molecule has 61 heavy (non-hydrogen) atoms. The van der Waals surface area contributed by atoms with Crippen molar-refractivity contribution in [3.05, 3.63) is 119 Å². The lowest BCUT2D eigenvalue weighted by molar-refractivity contribution is 0.0686. The molecule has 4 N–H and O–H groups in total. The number of para-hydroxylation sites is 4. The SMILES string of the molecule is COc1ccccc1N1CCN(CCCCc2c(C)[nH]c3ccc(C(=O)O)cc23)CC1.COc1ccccc1N1CCN(CCCCc2c[nH]c3ccc(C(=O)O)cc23)CC1. The maximum Gasteiger partial charge on any atom is 0.335 e. The highest BCUT2D eigenvalue weighted by atomic mass is 16.5. The van der Waals surface area contributed by atoms with Gasteiger partial charge in [0.1, 0.15) is 11.5 Å². The first kappa shape index (κ1) is 43.1. The fourth-order valence-electron chi connectivity index (χ4n) is 8.85. The van der Waals surface area contributed by atoms with Gasteiger partial charge in [0, 0.05) is 86.1 Å². The van der Waals surface area contributed by atoms with Crippen molar-refractivity contribution in [3.63, 3.8) is 0 Å². The van der Waals surface area contributed by atoms with Crippen LogP contribution in [0, 0.1) is 6.92 Å². The van der Waals surface area contributed by atoms with Gasteiger partial charge in [0.25, 0.3) is 0 Å². The Hall–Kier alpha value is -5.98. The molecule has 0 atom stereocenters. The minimum Gasteiger partial charge on any atom is -0.495 e. The zero-order valence-electron chi connectivity index (χ0n) is 35.8. The number of benzene rings is 4. The summed E-state index contributed by atoms with van der Waals surface area (Å²) in [6, 6.07) is 27.1. The number of H-pyrrole nitrogens is 2. The molecule has 2 saturated heterocycles. The molecule has 2 fully saturated rings. The van der Waals surface area contributed by atoms with Gasteiger partial charge in [-0.2, -0.15) is 0 Å². The van der Waals surface area contributed by atoms with E-state index in [-0.39, 0.29) is 0 Å². The van der Waals surface area contributed by atoms with E-state index in [9.17, 15) is 19.8 Å². The molecule has 2 aliphatic rings. The first-order chi connectivity index (χ1) is 29.7. The van der Waals surface area contributed by atoms with E-state index < -0.39 is 11.9 Å². The number of ether oxygens (including phenoxy) is 2. The molecule has 8 rings (SSSR count). The van der Waals surface area contributed by atoms with Crippen LogP contribution in [0.15, 0.2) is 91.1 Å². The number of carbonyl (C=O) groups is 2. The molecule has 0 bridgehead atoms. The van der Waals surface area contributed by atoms with Crippen LogP contribution in [0.4, 0.5) is 11.4 Å². The van der Waals surface area contributed by atoms with Gasteiger partial charge in [-0.15, -0.1) is 0 Å². The van der Waals surface area contributed by atoms with Crippen molar-refractivity contribution in [2.75, 3.05) is 89.5 Å². The Morgan fingerprint density at radius 1 is 0.607 bits per heavy atom. The number of aryl methyl sites for hydroxylation is 3. The van der Waals surface area contributed by atoms with Crippen LogP contribution in [-0.4, -0.2) is 122 Å². The highest BCUT2D eigenvalue weighted by molar-refractivity contribution is 5.95.